The number of benzene rings is 1. The summed E-state index contributed by atoms with van der Waals surface area (Å²) in [6, 6.07) is 6.46. The van der Waals surface area contributed by atoms with Gasteiger partial charge in [0.05, 0.1) is 21.9 Å². The Kier molecular flexibility index (Phi) is 7.59. The van der Waals surface area contributed by atoms with Crippen LogP contribution in [-0.2, 0) is 31.5 Å². The zero-order chi connectivity index (χ0) is 28.2. The van der Waals surface area contributed by atoms with E-state index in [0.717, 1.165) is 6.26 Å². The van der Waals surface area contributed by atoms with Crippen molar-refractivity contribution in [2.45, 2.75) is 72.9 Å². The Balaban J connectivity index is 2.05. The predicted octanol–water partition coefficient (Wildman–Crippen LogP) is 5.01. The molecule has 1 unspecified atom stereocenters. The van der Waals surface area contributed by atoms with Crippen LogP contribution in [0.5, 0.6) is 0 Å². The number of pyridine rings is 1. The maximum Gasteiger partial charge on any atom is 0.417 e. The number of rotatable bonds is 8. The molecule has 3 rings (SSSR count). The van der Waals surface area contributed by atoms with E-state index in [0.29, 0.717) is 10.9 Å². The standard InChI is InChI=1S/C24H28ClF3N2O5S2/c1-14(2)37(34,35)21-9-15-8-17(30-19(15)12-29-21)11-23(31,24(26,27)28)13-22(3,4)18-10-16(25)6-7-20(18)36(5,32)33/h6-10,12,14,30-31H,11,13H2,1-5H3. The monoisotopic (exact) mass is 580 g/mol. The maximum atomic E-state index is 14.3. The van der Waals surface area contributed by atoms with E-state index in [1.54, 1.807) is 0 Å². The van der Waals surface area contributed by atoms with Crippen LogP contribution >= 0.6 is 11.6 Å². The molecule has 0 amide bonds. The Morgan fingerprint density at radius 3 is 2.24 bits per heavy atom. The Bertz CT molecular complexity index is 1550. The highest BCUT2D eigenvalue weighted by Crippen LogP contribution is 2.45. The average Bonchev–Trinajstić information content (AvgIpc) is 3.12. The number of hydrogen-bond donors (Lipinski definition) is 2. The summed E-state index contributed by atoms with van der Waals surface area (Å²) in [4.78, 5) is 6.51. The van der Waals surface area contributed by atoms with Crippen molar-refractivity contribution >= 4 is 42.2 Å². The van der Waals surface area contributed by atoms with E-state index in [9.17, 15) is 35.1 Å². The van der Waals surface area contributed by atoms with Gasteiger partial charge in [0, 0.05) is 28.8 Å². The van der Waals surface area contributed by atoms with Crippen LogP contribution < -0.4 is 0 Å². The van der Waals surface area contributed by atoms with Crippen LogP contribution in [0.4, 0.5) is 13.2 Å². The molecule has 1 aromatic carbocycles. The van der Waals surface area contributed by atoms with E-state index in [2.05, 4.69) is 9.97 Å². The predicted molar refractivity (Wildman–Crippen MR) is 135 cm³/mol. The van der Waals surface area contributed by atoms with Gasteiger partial charge in [-0.1, -0.05) is 25.4 Å². The molecule has 3 aromatic rings. The first-order valence-electron chi connectivity index (χ1n) is 11.2. The number of nitrogens with one attached hydrogen (secondary N) is 1. The molecule has 13 heteroatoms. The van der Waals surface area contributed by atoms with Crippen molar-refractivity contribution in [2.75, 3.05) is 6.26 Å². The minimum absolute atomic E-state index is 0.000880. The smallest absolute Gasteiger partial charge is 0.380 e. The number of aliphatic hydroxyl groups is 1. The number of aromatic amines is 1. The van der Waals surface area contributed by atoms with Gasteiger partial charge in [0.15, 0.2) is 30.3 Å². The van der Waals surface area contributed by atoms with Gasteiger partial charge in [-0.25, -0.2) is 21.8 Å². The van der Waals surface area contributed by atoms with E-state index in [-0.39, 0.29) is 26.2 Å². The molecular formula is C24H28ClF3N2O5S2. The number of aromatic nitrogens is 2. The SMILES string of the molecule is CC(C)S(=O)(=O)c1cc2cc(CC(O)(CC(C)(C)c3cc(Cl)ccc3S(C)(=O)=O)C(F)(F)F)[nH]c2cn1. The first kappa shape index (κ1) is 29.4. The summed E-state index contributed by atoms with van der Waals surface area (Å²) >= 11 is 6.04. The van der Waals surface area contributed by atoms with E-state index in [1.807, 2.05) is 0 Å². The highest BCUT2D eigenvalue weighted by molar-refractivity contribution is 7.92. The van der Waals surface area contributed by atoms with Crippen LogP contribution in [0.2, 0.25) is 5.02 Å². The second kappa shape index (κ2) is 9.55. The molecule has 0 radical (unpaired) electrons. The van der Waals surface area contributed by atoms with Crippen molar-refractivity contribution in [2.24, 2.45) is 0 Å². The Morgan fingerprint density at radius 1 is 1.08 bits per heavy atom. The van der Waals surface area contributed by atoms with Crippen molar-refractivity contribution in [1.29, 1.82) is 0 Å². The van der Waals surface area contributed by atoms with Crippen molar-refractivity contribution in [3.05, 3.63) is 52.8 Å². The van der Waals surface area contributed by atoms with Gasteiger partial charge >= 0.3 is 6.18 Å². The minimum Gasteiger partial charge on any atom is -0.380 e. The summed E-state index contributed by atoms with van der Waals surface area (Å²) in [6.07, 6.45) is -4.70. The van der Waals surface area contributed by atoms with Crippen LogP contribution in [0.3, 0.4) is 0 Å². The van der Waals surface area contributed by atoms with Gasteiger partial charge in [-0.05, 0) is 61.6 Å². The number of fused-ring (bicyclic) bond motifs is 1. The molecule has 204 valence electrons. The molecular weight excluding hydrogens is 553 g/mol. The number of alkyl halides is 3. The molecule has 2 heterocycles. The third-order valence-electron chi connectivity index (χ3n) is 6.26. The molecule has 1 atom stereocenters. The molecule has 7 nitrogen and oxygen atoms in total. The molecule has 0 bridgehead atoms. The van der Waals surface area contributed by atoms with Gasteiger partial charge in [-0.3, -0.25) is 0 Å². The maximum absolute atomic E-state index is 14.3. The number of sulfone groups is 2. The number of nitrogens with zero attached hydrogens (tertiary/aromatic N) is 1. The molecule has 0 aliphatic carbocycles. The second-order valence-corrected chi connectivity index (χ2v) is 15.0. The lowest BCUT2D eigenvalue weighted by atomic mass is 9.73. The van der Waals surface area contributed by atoms with Crippen molar-refractivity contribution in [3.8, 4) is 0 Å². The Hall–Kier alpha value is -2.15. The molecule has 0 spiro atoms. The quantitative estimate of drug-likeness (QED) is 0.387. The first-order chi connectivity index (χ1) is 16.7. The molecule has 2 aromatic heterocycles. The fourth-order valence-corrected chi connectivity index (χ4v) is 6.52. The fraction of sp³-hybridized carbons (Fsp3) is 0.458. The Morgan fingerprint density at radius 2 is 1.70 bits per heavy atom. The van der Waals surface area contributed by atoms with Crippen molar-refractivity contribution in [3.63, 3.8) is 0 Å². The van der Waals surface area contributed by atoms with Crippen LogP contribution in [0, 0.1) is 0 Å². The fourth-order valence-electron chi connectivity index (χ4n) is 4.32. The van der Waals surface area contributed by atoms with Crippen LogP contribution in [0.25, 0.3) is 10.9 Å². The second-order valence-electron chi connectivity index (χ2n) is 10.2. The van der Waals surface area contributed by atoms with E-state index in [4.69, 9.17) is 11.6 Å². The molecule has 0 saturated heterocycles. The van der Waals surface area contributed by atoms with Crippen molar-refractivity contribution in [1.82, 2.24) is 9.97 Å². The summed E-state index contributed by atoms with van der Waals surface area (Å²) in [6.45, 7) is 5.79. The minimum atomic E-state index is -5.09. The molecule has 0 aliphatic heterocycles. The number of hydrogen-bond acceptors (Lipinski definition) is 6. The van der Waals surface area contributed by atoms with Crippen LogP contribution in [0.15, 0.2) is 46.5 Å². The third-order valence-corrected chi connectivity index (χ3v) is 9.70. The van der Waals surface area contributed by atoms with Gasteiger partial charge < -0.3 is 10.1 Å². The normalized spacial score (nSPS) is 15.3. The highest BCUT2D eigenvalue weighted by atomic mass is 35.5. The first-order valence-corrected chi connectivity index (χ1v) is 15.0. The van der Waals surface area contributed by atoms with Gasteiger partial charge in [0.2, 0.25) is 0 Å². The van der Waals surface area contributed by atoms with Gasteiger partial charge in [-0.15, -0.1) is 0 Å². The number of halogens is 4. The van der Waals surface area contributed by atoms with Gasteiger partial charge in [0.25, 0.3) is 0 Å². The molecule has 0 fully saturated rings. The van der Waals surface area contributed by atoms with E-state index >= 15 is 0 Å². The van der Waals surface area contributed by atoms with Gasteiger partial charge in [0.1, 0.15) is 0 Å². The van der Waals surface area contributed by atoms with E-state index in [1.165, 1.54) is 64.2 Å². The number of H-pyrrole nitrogens is 1. The molecule has 37 heavy (non-hydrogen) atoms. The summed E-state index contributed by atoms with van der Waals surface area (Å²) in [5, 5.41) is 10.5. The van der Waals surface area contributed by atoms with Crippen LogP contribution in [0.1, 0.15) is 45.4 Å². The lowest BCUT2D eigenvalue weighted by molar-refractivity contribution is -0.266. The lowest BCUT2D eigenvalue weighted by Crippen LogP contribution is -2.51. The largest absolute Gasteiger partial charge is 0.417 e. The highest BCUT2D eigenvalue weighted by Gasteiger charge is 2.56. The molecule has 0 aliphatic rings. The van der Waals surface area contributed by atoms with E-state index < -0.39 is 55.0 Å². The topological polar surface area (TPSA) is 117 Å². The zero-order valence-electron chi connectivity index (χ0n) is 20.8. The lowest BCUT2D eigenvalue weighted by Gasteiger charge is -2.38. The molecule has 2 N–H and O–H groups in total. The summed E-state index contributed by atoms with van der Waals surface area (Å²) < 4.78 is 92.5. The van der Waals surface area contributed by atoms with Crippen LogP contribution in [-0.4, -0.2) is 55.2 Å². The summed E-state index contributed by atoms with van der Waals surface area (Å²) in [5.41, 5.74) is -4.39. The summed E-state index contributed by atoms with van der Waals surface area (Å²) in [5.74, 6) is 0. The Labute approximate surface area is 218 Å². The third kappa shape index (κ3) is 5.97. The summed E-state index contributed by atoms with van der Waals surface area (Å²) in [7, 11) is -7.51. The van der Waals surface area contributed by atoms with Gasteiger partial charge in [-0.2, -0.15) is 13.2 Å². The van der Waals surface area contributed by atoms with Crippen molar-refractivity contribution < 1.29 is 35.1 Å². The zero-order valence-corrected chi connectivity index (χ0v) is 23.2. The average molecular weight is 581 g/mol. The molecule has 0 saturated carbocycles.